The van der Waals surface area contributed by atoms with E-state index in [4.69, 9.17) is 0 Å². The molecule has 4 nitrogen and oxygen atoms in total. The first-order valence-corrected chi connectivity index (χ1v) is 7.03. The molecule has 1 heterocycles. The SMILES string of the molecule is O=C(Nc1cccc2ccccc12)c1ccc2nc[nH]c2c1. The molecule has 0 fully saturated rings. The number of fused-ring (bicyclic) bond motifs is 2. The molecule has 0 unspecified atom stereocenters. The van der Waals surface area contributed by atoms with E-state index in [1.54, 1.807) is 12.4 Å². The normalized spacial score (nSPS) is 10.9. The smallest absolute Gasteiger partial charge is 0.255 e. The minimum absolute atomic E-state index is 0.132. The van der Waals surface area contributed by atoms with Crippen LogP contribution in [0.1, 0.15) is 10.4 Å². The summed E-state index contributed by atoms with van der Waals surface area (Å²) >= 11 is 0. The van der Waals surface area contributed by atoms with Gasteiger partial charge in [0.25, 0.3) is 5.91 Å². The zero-order valence-corrected chi connectivity index (χ0v) is 11.7. The third kappa shape index (κ3) is 2.11. The molecular weight excluding hydrogens is 274 g/mol. The topological polar surface area (TPSA) is 57.8 Å². The summed E-state index contributed by atoms with van der Waals surface area (Å²) in [4.78, 5) is 19.7. The number of amides is 1. The number of benzene rings is 3. The Bertz CT molecular complexity index is 982. The van der Waals surface area contributed by atoms with Crippen molar-refractivity contribution in [3.8, 4) is 0 Å². The summed E-state index contributed by atoms with van der Waals surface area (Å²) in [5.41, 5.74) is 3.12. The van der Waals surface area contributed by atoms with E-state index < -0.39 is 0 Å². The summed E-state index contributed by atoms with van der Waals surface area (Å²) in [5, 5.41) is 5.11. The second kappa shape index (κ2) is 5.00. The lowest BCUT2D eigenvalue weighted by Crippen LogP contribution is -2.12. The predicted molar refractivity (Wildman–Crippen MR) is 88.0 cm³/mol. The molecule has 0 saturated carbocycles. The Morgan fingerprint density at radius 2 is 1.86 bits per heavy atom. The van der Waals surface area contributed by atoms with Gasteiger partial charge in [-0.15, -0.1) is 0 Å². The van der Waals surface area contributed by atoms with Crippen molar-refractivity contribution in [3.05, 3.63) is 72.6 Å². The molecule has 0 aliphatic rings. The van der Waals surface area contributed by atoms with E-state index in [0.717, 1.165) is 27.5 Å². The van der Waals surface area contributed by atoms with Gasteiger partial charge in [-0.2, -0.15) is 0 Å². The Labute approximate surface area is 126 Å². The summed E-state index contributed by atoms with van der Waals surface area (Å²) in [6, 6.07) is 19.3. The van der Waals surface area contributed by atoms with Crippen LogP contribution in [0.5, 0.6) is 0 Å². The summed E-state index contributed by atoms with van der Waals surface area (Å²) in [6.07, 6.45) is 1.62. The van der Waals surface area contributed by atoms with Crippen LogP contribution in [0.2, 0.25) is 0 Å². The monoisotopic (exact) mass is 287 g/mol. The number of nitrogens with one attached hydrogen (secondary N) is 2. The molecule has 106 valence electrons. The van der Waals surface area contributed by atoms with Gasteiger partial charge < -0.3 is 10.3 Å². The minimum atomic E-state index is -0.132. The molecule has 4 rings (SSSR count). The fraction of sp³-hybridized carbons (Fsp3) is 0. The van der Waals surface area contributed by atoms with Gasteiger partial charge in [-0.1, -0.05) is 36.4 Å². The van der Waals surface area contributed by atoms with Crippen molar-refractivity contribution in [2.45, 2.75) is 0 Å². The average molecular weight is 287 g/mol. The lowest BCUT2D eigenvalue weighted by Gasteiger charge is -2.08. The van der Waals surface area contributed by atoms with Crippen molar-refractivity contribution in [3.63, 3.8) is 0 Å². The fourth-order valence-electron chi connectivity index (χ4n) is 2.61. The highest BCUT2D eigenvalue weighted by Crippen LogP contribution is 2.23. The number of rotatable bonds is 2. The molecule has 0 bridgehead atoms. The van der Waals surface area contributed by atoms with Crippen molar-refractivity contribution in [1.82, 2.24) is 9.97 Å². The summed E-state index contributed by atoms with van der Waals surface area (Å²) in [7, 11) is 0. The van der Waals surface area contributed by atoms with E-state index >= 15 is 0 Å². The molecule has 1 aromatic heterocycles. The van der Waals surface area contributed by atoms with Crippen molar-refractivity contribution in [1.29, 1.82) is 0 Å². The van der Waals surface area contributed by atoms with Crippen LogP contribution in [0.3, 0.4) is 0 Å². The lowest BCUT2D eigenvalue weighted by atomic mass is 10.1. The lowest BCUT2D eigenvalue weighted by molar-refractivity contribution is 0.102. The number of H-pyrrole nitrogens is 1. The number of carbonyl (C=O) groups excluding carboxylic acids is 1. The average Bonchev–Trinajstić information content (AvgIpc) is 3.02. The number of aromatic amines is 1. The molecule has 0 radical (unpaired) electrons. The van der Waals surface area contributed by atoms with Crippen LogP contribution in [0.4, 0.5) is 5.69 Å². The Hall–Kier alpha value is -3.14. The van der Waals surface area contributed by atoms with E-state index in [0.29, 0.717) is 5.56 Å². The van der Waals surface area contributed by atoms with Crippen LogP contribution in [0, 0.1) is 0 Å². The quantitative estimate of drug-likeness (QED) is 0.586. The van der Waals surface area contributed by atoms with Crippen LogP contribution in [0.15, 0.2) is 67.0 Å². The molecule has 0 aliphatic heterocycles. The summed E-state index contributed by atoms with van der Waals surface area (Å²) in [5.74, 6) is -0.132. The number of nitrogens with zero attached hydrogens (tertiary/aromatic N) is 1. The van der Waals surface area contributed by atoms with Crippen LogP contribution in [-0.4, -0.2) is 15.9 Å². The van der Waals surface area contributed by atoms with Gasteiger partial charge in [-0.25, -0.2) is 4.98 Å². The molecule has 1 amide bonds. The van der Waals surface area contributed by atoms with E-state index in [2.05, 4.69) is 15.3 Å². The largest absolute Gasteiger partial charge is 0.345 e. The molecule has 4 heteroatoms. The first-order valence-electron chi connectivity index (χ1n) is 7.03. The Kier molecular flexibility index (Phi) is 2.86. The van der Waals surface area contributed by atoms with Gasteiger partial charge in [0.1, 0.15) is 0 Å². The third-order valence-electron chi connectivity index (χ3n) is 3.72. The Balaban J connectivity index is 1.71. The number of hydrogen-bond donors (Lipinski definition) is 2. The maximum absolute atomic E-state index is 12.5. The van der Waals surface area contributed by atoms with Crippen LogP contribution < -0.4 is 5.32 Å². The van der Waals surface area contributed by atoms with Crippen molar-refractivity contribution >= 4 is 33.4 Å². The Morgan fingerprint density at radius 3 is 2.82 bits per heavy atom. The van der Waals surface area contributed by atoms with Crippen LogP contribution >= 0.6 is 0 Å². The fourth-order valence-corrected chi connectivity index (χ4v) is 2.61. The van der Waals surface area contributed by atoms with Gasteiger partial charge in [0.2, 0.25) is 0 Å². The van der Waals surface area contributed by atoms with Crippen molar-refractivity contribution < 1.29 is 4.79 Å². The molecule has 0 saturated heterocycles. The maximum atomic E-state index is 12.5. The number of hydrogen-bond acceptors (Lipinski definition) is 2. The summed E-state index contributed by atoms with van der Waals surface area (Å²) < 4.78 is 0. The molecule has 22 heavy (non-hydrogen) atoms. The standard InChI is InChI=1S/C18H13N3O/c22-18(13-8-9-16-17(10-13)20-11-19-16)21-15-7-3-5-12-4-1-2-6-14(12)15/h1-11H,(H,19,20)(H,21,22). The zero-order chi connectivity index (χ0) is 14.9. The van der Waals surface area contributed by atoms with Gasteiger partial charge in [0, 0.05) is 16.6 Å². The van der Waals surface area contributed by atoms with Gasteiger partial charge in [-0.05, 0) is 29.7 Å². The van der Waals surface area contributed by atoms with E-state index in [-0.39, 0.29) is 5.91 Å². The maximum Gasteiger partial charge on any atom is 0.255 e. The molecule has 2 N–H and O–H groups in total. The molecule has 0 aliphatic carbocycles. The van der Waals surface area contributed by atoms with Crippen molar-refractivity contribution in [2.75, 3.05) is 5.32 Å². The highest BCUT2D eigenvalue weighted by molar-refractivity contribution is 6.10. The molecule has 3 aromatic carbocycles. The van der Waals surface area contributed by atoms with Crippen molar-refractivity contribution in [2.24, 2.45) is 0 Å². The zero-order valence-electron chi connectivity index (χ0n) is 11.7. The molecular formula is C18H13N3O. The van der Waals surface area contributed by atoms with E-state index in [1.807, 2.05) is 54.6 Å². The number of carbonyl (C=O) groups is 1. The second-order valence-electron chi connectivity index (χ2n) is 5.12. The number of imidazole rings is 1. The first-order chi connectivity index (χ1) is 10.8. The van der Waals surface area contributed by atoms with Gasteiger partial charge in [0.05, 0.1) is 17.4 Å². The van der Waals surface area contributed by atoms with Gasteiger partial charge in [0.15, 0.2) is 0 Å². The van der Waals surface area contributed by atoms with Crippen LogP contribution in [-0.2, 0) is 0 Å². The first kappa shape index (κ1) is 12.6. The Morgan fingerprint density at radius 1 is 1.00 bits per heavy atom. The predicted octanol–water partition coefficient (Wildman–Crippen LogP) is 3.97. The van der Waals surface area contributed by atoms with E-state index in [1.165, 1.54) is 0 Å². The van der Waals surface area contributed by atoms with Crippen LogP contribution in [0.25, 0.3) is 21.8 Å². The summed E-state index contributed by atoms with van der Waals surface area (Å²) in [6.45, 7) is 0. The van der Waals surface area contributed by atoms with Gasteiger partial charge >= 0.3 is 0 Å². The highest BCUT2D eigenvalue weighted by atomic mass is 16.1. The highest BCUT2D eigenvalue weighted by Gasteiger charge is 2.09. The van der Waals surface area contributed by atoms with E-state index in [9.17, 15) is 4.79 Å². The molecule has 4 aromatic rings. The minimum Gasteiger partial charge on any atom is -0.345 e. The molecule has 0 atom stereocenters. The van der Waals surface area contributed by atoms with Gasteiger partial charge in [-0.3, -0.25) is 4.79 Å². The molecule has 0 spiro atoms. The number of aromatic nitrogens is 2. The second-order valence-corrected chi connectivity index (χ2v) is 5.12. The third-order valence-corrected chi connectivity index (χ3v) is 3.72. The number of anilines is 1.